The van der Waals surface area contributed by atoms with E-state index >= 15 is 0 Å². The van der Waals surface area contributed by atoms with Crippen molar-refractivity contribution in [2.24, 2.45) is 0 Å². The van der Waals surface area contributed by atoms with Gasteiger partial charge in [-0.05, 0) is 49.7 Å². The normalized spacial score (nSPS) is 10.8. The Bertz CT molecular complexity index is 1150. The molecule has 4 rings (SSSR count). The second-order valence-corrected chi connectivity index (χ2v) is 6.86. The van der Waals surface area contributed by atoms with Gasteiger partial charge >= 0.3 is 0 Å². The van der Waals surface area contributed by atoms with Crippen LogP contribution in [-0.4, -0.2) is 30.3 Å². The van der Waals surface area contributed by atoms with Crippen molar-refractivity contribution >= 4 is 22.6 Å². The molecule has 7 nitrogen and oxygen atoms in total. The van der Waals surface area contributed by atoms with Gasteiger partial charge in [-0.3, -0.25) is 10.1 Å². The lowest BCUT2D eigenvalue weighted by atomic mass is 10.2. The van der Waals surface area contributed by atoms with Crippen LogP contribution in [0.1, 0.15) is 21.6 Å². The topological polar surface area (TPSA) is 85.6 Å². The Balaban J connectivity index is 1.59. The van der Waals surface area contributed by atoms with Crippen LogP contribution in [0.4, 0.5) is 9.52 Å². The summed E-state index contributed by atoms with van der Waals surface area (Å²) in [5, 5.41) is 11.4. The summed E-state index contributed by atoms with van der Waals surface area (Å²) in [5.74, 6) is -0.193. The van der Waals surface area contributed by atoms with Gasteiger partial charge in [0.05, 0.1) is 11.4 Å². The highest BCUT2D eigenvalue weighted by molar-refractivity contribution is 7.10. The van der Waals surface area contributed by atoms with E-state index in [1.165, 1.54) is 12.1 Å². The molecule has 0 saturated carbocycles. The Morgan fingerprint density at radius 1 is 1.14 bits per heavy atom. The SMILES string of the molecule is Cc1cc(F)ccc1-n1nnc(-c2nsc(NC(=O)c3ccccc3)n2)c1C. The van der Waals surface area contributed by atoms with E-state index in [9.17, 15) is 9.18 Å². The summed E-state index contributed by atoms with van der Waals surface area (Å²) in [6, 6.07) is 13.3. The highest BCUT2D eigenvalue weighted by Crippen LogP contribution is 2.25. The fourth-order valence-corrected chi connectivity index (χ4v) is 3.32. The van der Waals surface area contributed by atoms with Gasteiger partial charge in [0.15, 0.2) is 11.5 Å². The standard InChI is InChI=1S/C19H15FN6OS/c1-11-10-14(20)8-9-15(11)26-12(2)16(23-25-26)17-21-19(28-24-17)22-18(27)13-6-4-3-5-7-13/h3-10H,1-2H3,(H,21,22,24,27). The minimum absolute atomic E-state index is 0.259. The predicted molar refractivity (Wildman–Crippen MR) is 104 cm³/mol. The van der Waals surface area contributed by atoms with Crippen LogP contribution in [0.25, 0.3) is 17.2 Å². The van der Waals surface area contributed by atoms with Gasteiger partial charge in [-0.1, -0.05) is 23.4 Å². The molecule has 9 heteroatoms. The van der Waals surface area contributed by atoms with Crippen molar-refractivity contribution in [1.82, 2.24) is 24.4 Å². The zero-order valence-corrected chi connectivity index (χ0v) is 15.9. The van der Waals surface area contributed by atoms with Crippen molar-refractivity contribution in [3.8, 4) is 17.2 Å². The number of hydrogen-bond donors (Lipinski definition) is 1. The number of carbonyl (C=O) groups excluding carboxylic acids is 1. The van der Waals surface area contributed by atoms with Crippen LogP contribution < -0.4 is 5.32 Å². The maximum atomic E-state index is 13.4. The van der Waals surface area contributed by atoms with Crippen molar-refractivity contribution in [3.63, 3.8) is 0 Å². The first-order valence-corrected chi connectivity index (χ1v) is 9.19. The summed E-state index contributed by atoms with van der Waals surface area (Å²) in [5.41, 5.74) is 3.22. The van der Waals surface area contributed by atoms with Crippen molar-refractivity contribution < 1.29 is 9.18 Å². The molecule has 0 bridgehead atoms. The Hall–Kier alpha value is -3.46. The van der Waals surface area contributed by atoms with Gasteiger partial charge in [0.25, 0.3) is 5.91 Å². The number of anilines is 1. The van der Waals surface area contributed by atoms with Crippen LogP contribution in [0.3, 0.4) is 0 Å². The average Bonchev–Trinajstić information content (AvgIpc) is 3.29. The van der Waals surface area contributed by atoms with Gasteiger partial charge in [-0.15, -0.1) is 5.10 Å². The number of nitrogens with one attached hydrogen (secondary N) is 1. The molecule has 0 radical (unpaired) electrons. The summed E-state index contributed by atoms with van der Waals surface area (Å²) in [6.45, 7) is 3.64. The second kappa shape index (κ2) is 7.28. The van der Waals surface area contributed by atoms with Crippen LogP contribution in [0, 0.1) is 19.7 Å². The first-order valence-electron chi connectivity index (χ1n) is 8.42. The van der Waals surface area contributed by atoms with Crippen LogP contribution in [-0.2, 0) is 0 Å². The van der Waals surface area contributed by atoms with E-state index in [0.29, 0.717) is 27.9 Å². The van der Waals surface area contributed by atoms with E-state index in [1.807, 2.05) is 13.0 Å². The lowest BCUT2D eigenvalue weighted by molar-refractivity contribution is 0.102. The maximum Gasteiger partial charge on any atom is 0.257 e. The van der Waals surface area contributed by atoms with Crippen LogP contribution in [0.5, 0.6) is 0 Å². The number of halogens is 1. The number of nitrogens with zero attached hydrogens (tertiary/aromatic N) is 5. The molecule has 2 aromatic heterocycles. The quantitative estimate of drug-likeness (QED) is 0.569. The van der Waals surface area contributed by atoms with E-state index in [1.54, 1.807) is 41.9 Å². The number of hydrogen-bond acceptors (Lipinski definition) is 6. The molecule has 0 unspecified atom stereocenters. The van der Waals surface area contributed by atoms with Crippen molar-refractivity contribution in [1.29, 1.82) is 0 Å². The molecule has 1 N–H and O–H groups in total. The zero-order valence-electron chi connectivity index (χ0n) is 15.0. The molecule has 2 aromatic carbocycles. The summed E-state index contributed by atoms with van der Waals surface area (Å²) >= 11 is 1.07. The summed E-state index contributed by atoms with van der Waals surface area (Å²) in [7, 11) is 0. The first-order chi connectivity index (χ1) is 13.5. The maximum absolute atomic E-state index is 13.4. The molecule has 4 aromatic rings. The third-order valence-electron chi connectivity index (χ3n) is 4.18. The Labute approximate surface area is 164 Å². The fourth-order valence-electron chi connectivity index (χ4n) is 2.75. The Morgan fingerprint density at radius 2 is 1.93 bits per heavy atom. The molecule has 0 atom stereocenters. The van der Waals surface area contributed by atoms with Gasteiger partial charge in [-0.2, -0.15) is 9.36 Å². The van der Waals surface area contributed by atoms with E-state index in [4.69, 9.17) is 0 Å². The fraction of sp³-hybridized carbons (Fsp3) is 0.105. The molecule has 28 heavy (non-hydrogen) atoms. The van der Waals surface area contributed by atoms with E-state index in [0.717, 1.165) is 22.8 Å². The average molecular weight is 394 g/mol. The lowest BCUT2D eigenvalue weighted by Crippen LogP contribution is -2.11. The summed E-state index contributed by atoms with van der Waals surface area (Å²) < 4.78 is 19.3. The molecular formula is C19H15FN6OS. The van der Waals surface area contributed by atoms with Gasteiger partial charge < -0.3 is 0 Å². The smallest absolute Gasteiger partial charge is 0.257 e. The van der Waals surface area contributed by atoms with E-state index < -0.39 is 0 Å². The van der Waals surface area contributed by atoms with Gasteiger partial charge in [0, 0.05) is 17.1 Å². The number of amides is 1. The predicted octanol–water partition coefficient (Wildman–Crippen LogP) is 3.79. The minimum atomic E-state index is -0.306. The largest absolute Gasteiger partial charge is 0.297 e. The molecule has 0 aliphatic rings. The summed E-state index contributed by atoms with van der Waals surface area (Å²) in [6.07, 6.45) is 0. The highest BCUT2D eigenvalue weighted by atomic mass is 32.1. The van der Waals surface area contributed by atoms with Crippen LogP contribution >= 0.6 is 11.5 Å². The molecule has 0 fully saturated rings. The summed E-state index contributed by atoms with van der Waals surface area (Å²) in [4.78, 5) is 16.6. The number of aromatic nitrogens is 5. The molecule has 2 heterocycles. The van der Waals surface area contributed by atoms with Gasteiger partial charge in [-0.25, -0.2) is 9.07 Å². The zero-order chi connectivity index (χ0) is 19.7. The lowest BCUT2D eigenvalue weighted by Gasteiger charge is -2.06. The van der Waals surface area contributed by atoms with Crippen molar-refractivity contribution in [2.45, 2.75) is 13.8 Å². The molecule has 1 amide bonds. The molecule has 0 saturated heterocycles. The molecule has 0 aliphatic carbocycles. The second-order valence-electron chi connectivity index (χ2n) is 6.11. The first kappa shape index (κ1) is 17.9. The van der Waals surface area contributed by atoms with Crippen LogP contribution in [0.15, 0.2) is 48.5 Å². The highest BCUT2D eigenvalue weighted by Gasteiger charge is 2.18. The third-order valence-corrected chi connectivity index (χ3v) is 4.81. The van der Waals surface area contributed by atoms with E-state index in [2.05, 4.69) is 25.0 Å². The van der Waals surface area contributed by atoms with Crippen molar-refractivity contribution in [3.05, 3.63) is 71.2 Å². The van der Waals surface area contributed by atoms with Gasteiger partial charge in [0.1, 0.15) is 5.82 Å². The molecular weight excluding hydrogens is 379 g/mol. The van der Waals surface area contributed by atoms with E-state index in [-0.39, 0.29) is 11.7 Å². The number of aryl methyl sites for hydroxylation is 1. The Kier molecular flexibility index (Phi) is 4.66. The third kappa shape index (κ3) is 3.39. The Morgan fingerprint density at radius 3 is 2.68 bits per heavy atom. The van der Waals surface area contributed by atoms with Gasteiger partial charge in [0.2, 0.25) is 5.13 Å². The number of benzene rings is 2. The van der Waals surface area contributed by atoms with Crippen molar-refractivity contribution in [2.75, 3.05) is 5.32 Å². The van der Waals surface area contributed by atoms with Crippen LogP contribution in [0.2, 0.25) is 0 Å². The number of carbonyl (C=O) groups is 1. The monoisotopic (exact) mass is 394 g/mol. The molecule has 0 spiro atoms. The molecule has 140 valence electrons. The molecule has 0 aliphatic heterocycles. The minimum Gasteiger partial charge on any atom is -0.297 e. The number of rotatable bonds is 4.